The van der Waals surface area contributed by atoms with E-state index < -0.39 is 0 Å². The topological polar surface area (TPSA) is 12.0 Å². The van der Waals surface area contributed by atoms with Crippen molar-refractivity contribution in [3.8, 4) is 0 Å². The van der Waals surface area contributed by atoms with Crippen molar-refractivity contribution >= 4 is 0 Å². The summed E-state index contributed by atoms with van der Waals surface area (Å²) < 4.78 is 0. The third-order valence-corrected chi connectivity index (χ3v) is 5.85. The quantitative estimate of drug-likeness (QED) is 0.794. The van der Waals surface area contributed by atoms with Gasteiger partial charge in [-0.15, -0.1) is 0 Å². The Morgan fingerprint density at radius 1 is 0.857 bits per heavy atom. The second-order valence-electron chi connectivity index (χ2n) is 7.31. The Balaban J connectivity index is 1.45. The summed E-state index contributed by atoms with van der Waals surface area (Å²) in [5, 5.41) is 3.96. The first-order valence-electron chi connectivity index (χ1n) is 9.14. The molecule has 2 fully saturated rings. The molecule has 21 heavy (non-hydrogen) atoms. The van der Waals surface area contributed by atoms with Crippen molar-refractivity contribution in [1.82, 2.24) is 5.32 Å². The minimum atomic E-state index is 0.726. The molecular formula is C20H31N. The molecule has 1 aromatic carbocycles. The summed E-state index contributed by atoms with van der Waals surface area (Å²) >= 11 is 0. The molecule has 2 aliphatic rings. The maximum Gasteiger partial charge on any atom is 0.00700 e. The van der Waals surface area contributed by atoms with Crippen LogP contribution in [0.1, 0.15) is 76.2 Å². The Bertz CT molecular complexity index is 399. The van der Waals surface area contributed by atoms with Crippen LogP contribution in [-0.4, -0.2) is 12.1 Å². The number of hydrogen-bond acceptors (Lipinski definition) is 1. The van der Waals surface area contributed by atoms with Crippen LogP contribution in [-0.2, 0) is 0 Å². The molecule has 116 valence electrons. The van der Waals surface area contributed by atoms with E-state index in [-0.39, 0.29) is 0 Å². The molecule has 1 aromatic rings. The fraction of sp³-hybridized carbons (Fsp3) is 0.700. The van der Waals surface area contributed by atoms with Gasteiger partial charge >= 0.3 is 0 Å². The predicted molar refractivity (Wildman–Crippen MR) is 90.6 cm³/mol. The first-order chi connectivity index (χ1) is 10.3. The minimum Gasteiger partial charge on any atom is -0.311 e. The molecule has 0 unspecified atom stereocenters. The average Bonchev–Trinajstić information content (AvgIpc) is 2.57. The third-order valence-electron chi connectivity index (χ3n) is 5.85. The highest BCUT2D eigenvalue weighted by atomic mass is 15.0. The Labute approximate surface area is 130 Å². The Hall–Kier alpha value is -0.820. The van der Waals surface area contributed by atoms with Gasteiger partial charge in [-0.2, -0.15) is 0 Å². The van der Waals surface area contributed by atoms with Crippen LogP contribution in [0.2, 0.25) is 0 Å². The highest BCUT2D eigenvalue weighted by Gasteiger charge is 2.26. The smallest absolute Gasteiger partial charge is 0.00700 e. The van der Waals surface area contributed by atoms with Crippen molar-refractivity contribution in [2.24, 2.45) is 5.92 Å². The summed E-state index contributed by atoms with van der Waals surface area (Å²) in [4.78, 5) is 0. The monoisotopic (exact) mass is 285 g/mol. The second kappa shape index (κ2) is 7.45. The summed E-state index contributed by atoms with van der Waals surface area (Å²) in [6.45, 7) is 2.43. The number of benzene rings is 1. The molecule has 1 heteroatoms. The van der Waals surface area contributed by atoms with E-state index in [1.165, 1.54) is 57.8 Å². The summed E-state index contributed by atoms with van der Waals surface area (Å²) in [7, 11) is 0. The zero-order valence-corrected chi connectivity index (χ0v) is 13.6. The zero-order valence-electron chi connectivity index (χ0n) is 13.6. The van der Waals surface area contributed by atoms with Gasteiger partial charge in [0.15, 0.2) is 0 Å². The predicted octanol–water partition coefficient (Wildman–Crippen LogP) is 5.27. The van der Waals surface area contributed by atoms with Gasteiger partial charge < -0.3 is 5.32 Å². The van der Waals surface area contributed by atoms with E-state index in [9.17, 15) is 0 Å². The molecular weight excluding hydrogens is 254 g/mol. The number of hydrogen-bond donors (Lipinski definition) is 1. The lowest BCUT2D eigenvalue weighted by Gasteiger charge is -2.35. The molecule has 0 radical (unpaired) electrons. The molecule has 1 atom stereocenters. The lowest BCUT2D eigenvalue weighted by Crippen LogP contribution is -2.43. The normalized spacial score (nSPS) is 29.2. The van der Waals surface area contributed by atoms with E-state index in [4.69, 9.17) is 0 Å². The molecule has 1 nitrogen and oxygen atoms in total. The molecule has 0 spiro atoms. The maximum absolute atomic E-state index is 3.96. The molecule has 0 heterocycles. The molecule has 0 saturated heterocycles. The molecule has 1 N–H and O–H groups in total. The van der Waals surface area contributed by atoms with Crippen LogP contribution in [0, 0.1) is 5.92 Å². The van der Waals surface area contributed by atoms with E-state index >= 15 is 0 Å². The van der Waals surface area contributed by atoms with Gasteiger partial charge in [-0.25, -0.2) is 0 Å². The summed E-state index contributed by atoms with van der Waals surface area (Å²) in [6, 6.07) is 12.6. The first-order valence-corrected chi connectivity index (χ1v) is 9.14. The van der Waals surface area contributed by atoms with Gasteiger partial charge in [0.1, 0.15) is 0 Å². The van der Waals surface area contributed by atoms with Crippen molar-refractivity contribution in [3.05, 3.63) is 35.9 Å². The maximum atomic E-state index is 3.96. The van der Waals surface area contributed by atoms with Crippen LogP contribution in [0.4, 0.5) is 0 Å². The Morgan fingerprint density at radius 3 is 2.19 bits per heavy atom. The van der Waals surface area contributed by atoms with Gasteiger partial charge in [-0.05, 0) is 62.8 Å². The largest absolute Gasteiger partial charge is 0.311 e. The van der Waals surface area contributed by atoms with Crippen molar-refractivity contribution in [2.75, 3.05) is 0 Å². The summed E-state index contributed by atoms with van der Waals surface area (Å²) in [5.41, 5.74) is 1.55. The third kappa shape index (κ3) is 4.10. The van der Waals surface area contributed by atoms with Gasteiger partial charge in [0.25, 0.3) is 0 Å². The van der Waals surface area contributed by atoms with Crippen LogP contribution < -0.4 is 5.32 Å². The molecule has 0 amide bonds. The van der Waals surface area contributed by atoms with Crippen LogP contribution in [0.15, 0.2) is 30.3 Å². The van der Waals surface area contributed by atoms with Gasteiger partial charge in [-0.1, -0.05) is 49.6 Å². The van der Waals surface area contributed by atoms with E-state index in [1.807, 2.05) is 0 Å². The van der Waals surface area contributed by atoms with Gasteiger partial charge in [0.05, 0.1) is 0 Å². The number of rotatable bonds is 4. The standard InChI is InChI=1S/C20H31N/c1-16(17-8-4-2-5-9-17)21-20-14-12-19(13-15-20)18-10-6-3-7-11-18/h3,6-7,10-11,16-17,19-21H,2,4-5,8-9,12-15H2,1H3/t16-,19?,20?/m1/s1. The van der Waals surface area contributed by atoms with Gasteiger partial charge in [0, 0.05) is 12.1 Å². The first kappa shape index (κ1) is 15.1. The molecule has 0 aromatic heterocycles. The summed E-state index contributed by atoms with van der Waals surface area (Å²) in [6.07, 6.45) is 12.7. The lowest BCUT2D eigenvalue weighted by molar-refractivity contribution is 0.237. The molecule has 0 bridgehead atoms. The van der Waals surface area contributed by atoms with Crippen LogP contribution in [0.25, 0.3) is 0 Å². The van der Waals surface area contributed by atoms with Gasteiger partial charge in [-0.3, -0.25) is 0 Å². The van der Waals surface area contributed by atoms with E-state index in [0.717, 1.165) is 23.9 Å². The van der Waals surface area contributed by atoms with E-state index in [1.54, 1.807) is 5.56 Å². The fourth-order valence-corrected chi connectivity index (χ4v) is 4.46. The minimum absolute atomic E-state index is 0.726. The SMILES string of the molecule is C[C@@H](NC1CCC(c2ccccc2)CC1)C1CCCCC1. The van der Waals surface area contributed by atoms with Crippen molar-refractivity contribution in [2.45, 2.75) is 82.7 Å². The van der Waals surface area contributed by atoms with Crippen LogP contribution >= 0.6 is 0 Å². The zero-order chi connectivity index (χ0) is 14.5. The molecule has 2 saturated carbocycles. The second-order valence-corrected chi connectivity index (χ2v) is 7.31. The molecule has 0 aliphatic heterocycles. The van der Waals surface area contributed by atoms with Crippen molar-refractivity contribution in [3.63, 3.8) is 0 Å². The Kier molecular flexibility index (Phi) is 5.35. The lowest BCUT2D eigenvalue weighted by atomic mass is 9.80. The molecule has 3 rings (SSSR count). The van der Waals surface area contributed by atoms with Crippen molar-refractivity contribution < 1.29 is 0 Å². The van der Waals surface area contributed by atoms with E-state index in [0.29, 0.717) is 0 Å². The number of nitrogens with one attached hydrogen (secondary N) is 1. The van der Waals surface area contributed by atoms with Crippen LogP contribution in [0.5, 0.6) is 0 Å². The highest BCUT2D eigenvalue weighted by molar-refractivity contribution is 5.20. The average molecular weight is 285 g/mol. The highest BCUT2D eigenvalue weighted by Crippen LogP contribution is 2.34. The van der Waals surface area contributed by atoms with Crippen LogP contribution in [0.3, 0.4) is 0 Å². The van der Waals surface area contributed by atoms with Crippen molar-refractivity contribution in [1.29, 1.82) is 0 Å². The summed E-state index contributed by atoms with van der Waals surface area (Å²) in [5.74, 6) is 1.74. The van der Waals surface area contributed by atoms with E-state index in [2.05, 4.69) is 42.6 Å². The van der Waals surface area contributed by atoms with Gasteiger partial charge in [0.2, 0.25) is 0 Å². The fourth-order valence-electron chi connectivity index (χ4n) is 4.46. The Morgan fingerprint density at radius 2 is 1.52 bits per heavy atom. The molecule has 2 aliphatic carbocycles.